The normalized spacial score (nSPS) is 17.1. The van der Waals surface area contributed by atoms with Crippen molar-refractivity contribution in [1.82, 2.24) is 4.98 Å². The molecule has 0 aliphatic carbocycles. The number of hydrogen-bond donors (Lipinski definition) is 1. The molecule has 1 aromatic heterocycles. The second kappa shape index (κ2) is 6.86. The Kier molecular flexibility index (Phi) is 4.53. The van der Waals surface area contributed by atoms with Crippen molar-refractivity contribution in [3.05, 3.63) is 60.3 Å². The second-order valence-electron chi connectivity index (χ2n) is 6.22. The number of para-hydroxylation sites is 1. The number of pyridine rings is 1. The number of thioether (sulfide) groups is 1. The molecule has 6 nitrogen and oxygen atoms in total. The molecule has 0 radical (unpaired) electrons. The number of aromatic nitrogens is 1. The third kappa shape index (κ3) is 3.63. The molecule has 2 heterocycles. The van der Waals surface area contributed by atoms with Crippen molar-refractivity contribution >= 4 is 43.5 Å². The van der Waals surface area contributed by atoms with E-state index in [4.69, 9.17) is 9.92 Å². The maximum atomic E-state index is 12.5. The Balaban J connectivity index is 1.64. The molecule has 0 fully saturated rings. The van der Waals surface area contributed by atoms with Gasteiger partial charge in [-0.2, -0.15) is 8.42 Å². The van der Waals surface area contributed by atoms with Gasteiger partial charge in [-0.3, -0.25) is 4.99 Å². The molecular formula is C19H17N3O3S2. The highest BCUT2D eigenvalue weighted by molar-refractivity contribution is 8.14. The summed E-state index contributed by atoms with van der Waals surface area (Å²) in [5.41, 5.74) is 7.48. The highest BCUT2D eigenvalue weighted by Gasteiger charge is 2.20. The SMILES string of the molecule is C[C@H]1CSC(c2ccc3cc(OS(=O)(=O)c4ccccc4N)ccc3n2)=N1. The van der Waals surface area contributed by atoms with Gasteiger partial charge in [-0.15, -0.1) is 11.8 Å². The molecular weight excluding hydrogens is 382 g/mol. The zero-order chi connectivity index (χ0) is 19.0. The number of benzene rings is 2. The molecule has 2 aromatic carbocycles. The highest BCUT2D eigenvalue weighted by Crippen LogP contribution is 2.27. The van der Waals surface area contributed by atoms with Crippen LogP contribution in [0.5, 0.6) is 5.75 Å². The van der Waals surface area contributed by atoms with Crippen LogP contribution in [0, 0.1) is 0 Å². The Morgan fingerprint density at radius 1 is 1.15 bits per heavy atom. The fraction of sp³-hybridized carbons (Fsp3) is 0.158. The van der Waals surface area contributed by atoms with Gasteiger partial charge in [0, 0.05) is 11.1 Å². The summed E-state index contributed by atoms with van der Waals surface area (Å²) in [6.45, 7) is 2.07. The van der Waals surface area contributed by atoms with E-state index in [9.17, 15) is 8.42 Å². The van der Waals surface area contributed by atoms with Gasteiger partial charge in [0.15, 0.2) is 0 Å². The summed E-state index contributed by atoms with van der Waals surface area (Å²) >= 11 is 1.69. The first-order chi connectivity index (χ1) is 12.9. The molecule has 1 atom stereocenters. The van der Waals surface area contributed by atoms with Gasteiger partial charge in [0.25, 0.3) is 0 Å². The Morgan fingerprint density at radius 2 is 1.96 bits per heavy atom. The predicted molar refractivity (Wildman–Crippen MR) is 109 cm³/mol. The Hall–Kier alpha value is -2.58. The lowest BCUT2D eigenvalue weighted by Gasteiger charge is -2.10. The van der Waals surface area contributed by atoms with E-state index in [1.165, 1.54) is 12.1 Å². The first-order valence-electron chi connectivity index (χ1n) is 8.33. The third-order valence-electron chi connectivity index (χ3n) is 4.07. The summed E-state index contributed by atoms with van der Waals surface area (Å²) in [5.74, 6) is 1.17. The van der Waals surface area contributed by atoms with Gasteiger partial charge < -0.3 is 9.92 Å². The van der Waals surface area contributed by atoms with Crippen LogP contribution in [0.2, 0.25) is 0 Å². The van der Waals surface area contributed by atoms with Crippen LogP contribution in [0.4, 0.5) is 5.69 Å². The summed E-state index contributed by atoms with van der Waals surface area (Å²) in [6, 6.07) is 15.3. The number of fused-ring (bicyclic) bond motifs is 1. The van der Waals surface area contributed by atoms with E-state index in [1.807, 2.05) is 12.1 Å². The number of nitrogen functional groups attached to an aromatic ring is 1. The van der Waals surface area contributed by atoms with Gasteiger partial charge in [-0.1, -0.05) is 18.2 Å². The van der Waals surface area contributed by atoms with E-state index in [1.54, 1.807) is 42.1 Å². The van der Waals surface area contributed by atoms with E-state index in [0.717, 1.165) is 27.4 Å². The Morgan fingerprint density at radius 3 is 2.70 bits per heavy atom. The van der Waals surface area contributed by atoms with Crippen molar-refractivity contribution in [2.75, 3.05) is 11.5 Å². The first-order valence-corrected chi connectivity index (χ1v) is 10.7. The van der Waals surface area contributed by atoms with Gasteiger partial charge in [-0.05, 0) is 43.3 Å². The van der Waals surface area contributed by atoms with Crippen molar-refractivity contribution in [2.45, 2.75) is 17.9 Å². The number of anilines is 1. The van der Waals surface area contributed by atoms with Crippen LogP contribution < -0.4 is 9.92 Å². The van der Waals surface area contributed by atoms with Crippen molar-refractivity contribution in [3.63, 3.8) is 0 Å². The number of rotatable bonds is 4. The molecule has 138 valence electrons. The van der Waals surface area contributed by atoms with Crippen LogP contribution in [-0.2, 0) is 10.1 Å². The van der Waals surface area contributed by atoms with Crippen molar-refractivity contribution < 1.29 is 12.6 Å². The molecule has 0 saturated heterocycles. The molecule has 0 amide bonds. The molecule has 1 aliphatic rings. The zero-order valence-electron chi connectivity index (χ0n) is 14.5. The predicted octanol–water partition coefficient (Wildman–Crippen LogP) is 3.47. The van der Waals surface area contributed by atoms with E-state index in [2.05, 4.69) is 16.9 Å². The van der Waals surface area contributed by atoms with Crippen molar-refractivity contribution in [2.24, 2.45) is 4.99 Å². The van der Waals surface area contributed by atoms with Crippen LogP contribution >= 0.6 is 11.8 Å². The van der Waals surface area contributed by atoms with E-state index in [0.29, 0.717) is 6.04 Å². The number of nitrogens with zero attached hydrogens (tertiary/aromatic N) is 2. The van der Waals surface area contributed by atoms with Gasteiger partial charge >= 0.3 is 10.1 Å². The molecule has 0 spiro atoms. The Labute approximate surface area is 161 Å². The minimum atomic E-state index is -4.01. The van der Waals surface area contributed by atoms with E-state index >= 15 is 0 Å². The Bertz CT molecular complexity index is 1160. The summed E-state index contributed by atoms with van der Waals surface area (Å²) in [4.78, 5) is 9.15. The summed E-state index contributed by atoms with van der Waals surface area (Å²) < 4.78 is 30.2. The van der Waals surface area contributed by atoms with Crippen LogP contribution in [0.1, 0.15) is 12.6 Å². The molecule has 0 unspecified atom stereocenters. The molecule has 3 aromatic rings. The lowest BCUT2D eigenvalue weighted by molar-refractivity contribution is 0.487. The smallest absolute Gasteiger partial charge is 0.341 e. The summed E-state index contributed by atoms with van der Waals surface area (Å²) in [5, 5.41) is 1.72. The monoisotopic (exact) mass is 399 g/mol. The molecule has 4 rings (SSSR count). The summed E-state index contributed by atoms with van der Waals surface area (Å²) in [6.07, 6.45) is 0. The third-order valence-corrected chi connectivity index (χ3v) is 6.63. The quantitative estimate of drug-likeness (QED) is 0.533. The molecule has 1 aliphatic heterocycles. The lowest BCUT2D eigenvalue weighted by atomic mass is 10.2. The van der Waals surface area contributed by atoms with Gasteiger partial charge in [0.1, 0.15) is 15.7 Å². The topological polar surface area (TPSA) is 94.6 Å². The highest BCUT2D eigenvalue weighted by atomic mass is 32.2. The standard InChI is InChI=1S/C19H17N3O3S2/c1-12-11-26-19(21-12)17-8-6-13-10-14(7-9-16(13)22-17)25-27(23,24)18-5-3-2-4-15(18)20/h2-10,12H,11,20H2,1H3/t12-/m0/s1. The van der Waals surface area contributed by atoms with E-state index in [-0.39, 0.29) is 16.3 Å². The number of aliphatic imine (C=N–C) groups is 1. The number of nitrogens with two attached hydrogens (primary N) is 1. The average Bonchev–Trinajstić information content (AvgIpc) is 3.07. The van der Waals surface area contributed by atoms with Gasteiger partial charge in [0.2, 0.25) is 0 Å². The minimum absolute atomic E-state index is 0.0519. The molecule has 0 saturated carbocycles. The fourth-order valence-corrected chi connectivity index (χ4v) is 4.81. The van der Waals surface area contributed by atoms with E-state index < -0.39 is 10.1 Å². The second-order valence-corrected chi connectivity index (χ2v) is 8.74. The van der Waals surface area contributed by atoms with Crippen LogP contribution in [0.15, 0.2) is 64.5 Å². The minimum Gasteiger partial charge on any atom is -0.398 e. The van der Waals surface area contributed by atoms with Gasteiger partial charge in [0.05, 0.1) is 22.9 Å². The van der Waals surface area contributed by atoms with Crippen molar-refractivity contribution in [1.29, 1.82) is 0 Å². The van der Waals surface area contributed by atoms with Crippen LogP contribution in [0.25, 0.3) is 10.9 Å². The van der Waals surface area contributed by atoms with Gasteiger partial charge in [-0.25, -0.2) is 4.98 Å². The molecule has 2 N–H and O–H groups in total. The van der Waals surface area contributed by atoms with Crippen molar-refractivity contribution in [3.8, 4) is 5.75 Å². The maximum Gasteiger partial charge on any atom is 0.341 e. The largest absolute Gasteiger partial charge is 0.398 e. The average molecular weight is 399 g/mol. The summed E-state index contributed by atoms with van der Waals surface area (Å²) in [7, 11) is -4.01. The van der Waals surface area contributed by atoms with Crippen LogP contribution in [-0.4, -0.2) is 30.2 Å². The molecule has 8 heteroatoms. The zero-order valence-corrected chi connectivity index (χ0v) is 16.1. The fourth-order valence-electron chi connectivity index (χ4n) is 2.77. The lowest BCUT2D eigenvalue weighted by Crippen LogP contribution is -2.11. The number of hydrogen-bond acceptors (Lipinski definition) is 7. The first kappa shape index (κ1) is 17.8. The molecule has 0 bridgehead atoms. The molecule has 27 heavy (non-hydrogen) atoms. The van der Waals surface area contributed by atoms with Crippen LogP contribution in [0.3, 0.4) is 0 Å². The maximum absolute atomic E-state index is 12.5.